The minimum absolute atomic E-state index is 0.143. The van der Waals surface area contributed by atoms with Crippen molar-refractivity contribution in [2.45, 2.75) is 38.6 Å². The Morgan fingerprint density at radius 1 is 1.37 bits per heavy atom. The lowest BCUT2D eigenvalue weighted by molar-refractivity contribution is 0.264. The highest BCUT2D eigenvalue weighted by molar-refractivity contribution is 7.19. The van der Waals surface area contributed by atoms with Gasteiger partial charge >= 0.3 is 0 Å². The first-order valence-corrected chi connectivity index (χ1v) is 8.00. The Bertz CT molecular complexity index is 559. The second-order valence-electron chi connectivity index (χ2n) is 5.47. The summed E-state index contributed by atoms with van der Waals surface area (Å²) < 4.78 is 14.4. The number of hydrogen-bond acceptors (Lipinski definition) is 2. The van der Waals surface area contributed by atoms with Gasteiger partial charge in [-0.25, -0.2) is 4.39 Å². The third-order valence-electron chi connectivity index (χ3n) is 4.09. The zero-order valence-corrected chi connectivity index (χ0v) is 12.1. The van der Waals surface area contributed by atoms with Crippen LogP contribution < -0.4 is 5.32 Å². The van der Waals surface area contributed by atoms with Crippen molar-refractivity contribution in [3.63, 3.8) is 0 Å². The number of benzene rings is 1. The van der Waals surface area contributed by atoms with Crippen LogP contribution >= 0.6 is 11.3 Å². The molecule has 1 aliphatic rings. The summed E-state index contributed by atoms with van der Waals surface area (Å²) in [4.78, 5) is 1.36. The lowest BCUT2D eigenvalue weighted by Crippen LogP contribution is -2.25. The topological polar surface area (TPSA) is 12.0 Å². The molecule has 1 atom stereocenters. The van der Waals surface area contributed by atoms with Gasteiger partial charge in [-0.3, -0.25) is 0 Å². The SMILES string of the molecule is CCNC(CC1CCC1)c1cc2cc(F)ccc2s1. The molecule has 3 rings (SSSR count). The van der Waals surface area contributed by atoms with Crippen molar-refractivity contribution >= 4 is 21.4 Å². The molecule has 1 heterocycles. The van der Waals surface area contributed by atoms with Gasteiger partial charge in [-0.1, -0.05) is 26.2 Å². The average Bonchev–Trinajstić information content (AvgIpc) is 2.74. The molecule has 0 amide bonds. The summed E-state index contributed by atoms with van der Waals surface area (Å²) in [5.74, 6) is 0.738. The molecule has 0 spiro atoms. The zero-order chi connectivity index (χ0) is 13.2. The van der Waals surface area contributed by atoms with Crippen molar-refractivity contribution < 1.29 is 4.39 Å². The van der Waals surface area contributed by atoms with Crippen LogP contribution in [0, 0.1) is 11.7 Å². The van der Waals surface area contributed by atoms with Gasteiger partial charge in [-0.2, -0.15) is 0 Å². The molecule has 1 aromatic carbocycles. The van der Waals surface area contributed by atoms with Crippen molar-refractivity contribution in [1.29, 1.82) is 0 Å². The van der Waals surface area contributed by atoms with Crippen LogP contribution in [-0.2, 0) is 0 Å². The first-order chi connectivity index (χ1) is 9.26. The highest BCUT2D eigenvalue weighted by Gasteiger charge is 2.23. The van der Waals surface area contributed by atoms with Crippen LogP contribution in [0.25, 0.3) is 10.1 Å². The summed E-state index contributed by atoms with van der Waals surface area (Å²) in [6, 6.07) is 7.69. The minimum atomic E-state index is -0.143. The molecule has 1 fully saturated rings. The first-order valence-electron chi connectivity index (χ1n) is 7.18. The second-order valence-corrected chi connectivity index (χ2v) is 6.59. The van der Waals surface area contributed by atoms with Crippen molar-refractivity contribution in [1.82, 2.24) is 5.32 Å². The summed E-state index contributed by atoms with van der Waals surface area (Å²) in [5.41, 5.74) is 0. The van der Waals surface area contributed by atoms with Gasteiger partial charge in [0.25, 0.3) is 0 Å². The number of fused-ring (bicyclic) bond motifs is 1. The van der Waals surface area contributed by atoms with Gasteiger partial charge in [0, 0.05) is 15.6 Å². The van der Waals surface area contributed by atoms with E-state index in [0.29, 0.717) is 6.04 Å². The summed E-state index contributed by atoms with van der Waals surface area (Å²) in [7, 11) is 0. The first kappa shape index (κ1) is 13.1. The zero-order valence-electron chi connectivity index (χ0n) is 11.3. The minimum Gasteiger partial charge on any atom is -0.310 e. The summed E-state index contributed by atoms with van der Waals surface area (Å²) in [5, 5.41) is 4.63. The monoisotopic (exact) mass is 277 g/mol. The predicted molar refractivity (Wildman–Crippen MR) is 80.2 cm³/mol. The van der Waals surface area contributed by atoms with E-state index in [9.17, 15) is 4.39 Å². The van der Waals surface area contributed by atoms with Gasteiger partial charge in [0.15, 0.2) is 0 Å². The molecule has 1 aromatic heterocycles. The van der Waals surface area contributed by atoms with Gasteiger partial charge in [0.1, 0.15) is 5.82 Å². The van der Waals surface area contributed by atoms with Crippen molar-refractivity contribution in [3.05, 3.63) is 35.0 Å². The normalized spacial score (nSPS) is 17.6. The maximum atomic E-state index is 13.3. The molecule has 102 valence electrons. The molecule has 0 saturated heterocycles. The molecular weight excluding hydrogens is 257 g/mol. The third kappa shape index (κ3) is 2.82. The number of halogens is 1. The van der Waals surface area contributed by atoms with Crippen LogP contribution in [-0.4, -0.2) is 6.54 Å². The Morgan fingerprint density at radius 3 is 2.89 bits per heavy atom. The highest BCUT2D eigenvalue weighted by atomic mass is 32.1. The fraction of sp³-hybridized carbons (Fsp3) is 0.500. The van der Waals surface area contributed by atoms with Gasteiger partial charge in [0.05, 0.1) is 0 Å². The van der Waals surface area contributed by atoms with E-state index in [1.165, 1.54) is 35.3 Å². The van der Waals surface area contributed by atoms with Crippen LogP contribution in [0.2, 0.25) is 0 Å². The number of nitrogens with one attached hydrogen (secondary N) is 1. The summed E-state index contributed by atoms with van der Waals surface area (Å²) in [6.07, 6.45) is 5.37. The molecular formula is C16H20FNS. The van der Waals surface area contributed by atoms with Crippen LogP contribution in [0.15, 0.2) is 24.3 Å². The van der Waals surface area contributed by atoms with Gasteiger partial charge in [-0.05, 0) is 48.5 Å². The predicted octanol–water partition coefficient (Wildman–Crippen LogP) is 4.88. The van der Waals surface area contributed by atoms with Crippen LogP contribution in [0.1, 0.15) is 43.5 Å². The highest BCUT2D eigenvalue weighted by Crippen LogP contribution is 2.38. The van der Waals surface area contributed by atoms with Gasteiger partial charge in [0.2, 0.25) is 0 Å². The molecule has 1 N–H and O–H groups in total. The molecule has 1 aliphatic carbocycles. The van der Waals surface area contributed by atoms with Crippen molar-refractivity contribution in [2.75, 3.05) is 6.54 Å². The van der Waals surface area contributed by atoms with E-state index in [1.807, 2.05) is 6.07 Å². The van der Waals surface area contributed by atoms with E-state index in [4.69, 9.17) is 0 Å². The molecule has 19 heavy (non-hydrogen) atoms. The maximum Gasteiger partial charge on any atom is 0.123 e. The molecule has 2 aromatic rings. The van der Waals surface area contributed by atoms with E-state index in [0.717, 1.165) is 17.8 Å². The fourth-order valence-electron chi connectivity index (χ4n) is 2.81. The van der Waals surface area contributed by atoms with E-state index >= 15 is 0 Å². The lowest BCUT2D eigenvalue weighted by atomic mass is 9.80. The Hall–Kier alpha value is -0.930. The Kier molecular flexibility index (Phi) is 3.85. The smallest absolute Gasteiger partial charge is 0.123 e. The van der Waals surface area contributed by atoms with Crippen LogP contribution in [0.3, 0.4) is 0 Å². The molecule has 0 bridgehead atoms. The fourth-order valence-corrected chi connectivity index (χ4v) is 3.95. The second kappa shape index (κ2) is 5.59. The summed E-state index contributed by atoms with van der Waals surface area (Å²) in [6.45, 7) is 3.14. The Morgan fingerprint density at radius 2 is 2.21 bits per heavy atom. The molecule has 1 nitrogen and oxygen atoms in total. The molecule has 0 aliphatic heterocycles. The number of rotatable bonds is 5. The van der Waals surface area contributed by atoms with Crippen molar-refractivity contribution in [3.8, 4) is 0 Å². The lowest BCUT2D eigenvalue weighted by Gasteiger charge is -2.29. The molecule has 0 radical (unpaired) electrons. The van der Waals surface area contributed by atoms with Gasteiger partial charge in [-0.15, -0.1) is 11.3 Å². The third-order valence-corrected chi connectivity index (χ3v) is 5.31. The largest absolute Gasteiger partial charge is 0.310 e. The standard InChI is InChI=1S/C16H20FNS/c1-2-18-14(8-11-4-3-5-11)16-10-12-9-13(17)6-7-15(12)19-16/h6-7,9-11,14,18H,2-5,8H2,1H3. The Balaban J connectivity index is 1.85. The van der Waals surface area contributed by atoms with E-state index in [2.05, 4.69) is 18.3 Å². The van der Waals surface area contributed by atoms with Crippen molar-refractivity contribution in [2.24, 2.45) is 5.92 Å². The molecule has 1 unspecified atom stereocenters. The van der Waals surface area contributed by atoms with Gasteiger partial charge < -0.3 is 5.32 Å². The maximum absolute atomic E-state index is 13.3. The summed E-state index contributed by atoms with van der Waals surface area (Å²) >= 11 is 1.80. The quantitative estimate of drug-likeness (QED) is 0.821. The number of hydrogen-bond donors (Lipinski definition) is 1. The van der Waals surface area contributed by atoms with E-state index in [1.54, 1.807) is 23.5 Å². The van der Waals surface area contributed by atoms with E-state index in [-0.39, 0.29) is 5.82 Å². The van der Waals surface area contributed by atoms with Crippen LogP contribution in [0.5, 0.6) is 0 Å². The van der Waals surface area contributed by atoms with Crippen LogP contribution in [0.4, 0.5) is 4.39 Å². The Labute approximate surface area is 117 Å². The number of thiophene rings is 1. The molecule has 3 heteroatoms. The average molecular weight is 277 g/mol. The molecule has 1 saturated carbocycles. The van der Waals surface area contributed by atoms with E-state index < -0.39 is 0 Å².